The van der Waals surface area contributed by atoms with E-state index in [1.165, 1.54) is 4.90 Å². The maximum atomic E-state index is 12.4. The van der Waals surface area contributed by atoms with Gasteiger partial charge in [0, 0.05) is 17.6 Å². The number of aromatic nitrogens is 1. The van der Waals surface area contributed by atoms with Crippen LogP contribution >= 0.6 is 11.3 Å². The lowest BCUT2D eigenvalue weighted by atomic mass is 10.1. The number of benzene rings is 1. The van der Waals surface area contributed by atoms with E-state index in [-0.39, 0.29) is 32.3 Å². The molecule has 2 aromatic rings. The number of aryl methyl sites for hydroxylation is 1. The highest BCUT2D eigenvalue weighted by Crippen LogP contribution is 2.36. The summed E-state index contributed by atoms with van der Waals surface area (Å²) in [5.41, 5.74) is 2.27. The average molecular weight is 449 g/mol. The van der Waals surface area contributed by atoms with Crippen molar-refractivity contribution in [1.82, 2.24) is 4.98 Å². The molecule has 0 bridgehead atoms. The van der Waals surface area contributed by atoms with Gasteiger partial charge in [-0.15, -0.1) is 11.3 Å². The van der Waals surface area contributed by atoms with Crippen molar-refractivity contribution >= 4 is 28.9 Å². The number of carbonyl (C=O) groups is 2. The number of nitrogens with zero attached hydrogens (tertiary/aromatic N) is 2. The first-order valence-electron chi connectivity index (χ1n) is 10.5. The molecule has 9 heteroatoms. The number of esters is 1. The fourth-order valence-corrected chi connectivity index (χ4v) is 3.97. The van der Waals surface area contributed by atoms with E-state index in [4.69, 9.17) is 18.9 Å². The molecule has 31 heavy (non-hydrogen) atoms. The maximum absolute atomic E-state index is 12.4. The number of amides is 1. The molecule has 1 aromatic carbocycles. The molecule has 0 N–H and O–H groups in total. The predicted molar refractivity (Wildman–Crippen MR) is 118 cm³/mol. The minimum atomic E-state index is -0.501. The van der Waals surface area contributed by atoms with Gasteiger partial charge in [0.2, 0.25) is 0 Å². The van der Waals surface area contributed by atoms with E-state index in [1.54, 1.807) is 17.4 Å². The summed E-state index contributed by atoms with van der Waals surface area (Å²) in [4.78, 5) is 30.8. The zero-order valence-electron chi connectivity index (χ0n) is 17.9. The monoisotopic (exact) mass is 448 g/mol. The van der Waals surface area contributed by atoms with Crippen molar-refractivity contribution in [3.63, 3.8) is 0 Å². The molecule has 2 heterocycles. The van der Waals surface area contributed by atoms with Crippen LogP contribution in [0.5, 0.6) is 5.75 Å². The normalized spacial score (nSPS) is 13.1. The molecule has 0 saturated carbocycles. The first kappa shape index (κ1) is 23.2. The smallest absolute Gasteiger partial charge is 0.326 e. The summed E-state index contributed by atoms with van der Waals surface area (Å²) in [6.07, 6.45) is 1.97. The van der Waals surface area contributed by atoms with Gasteiger partial charge in [0.25, 0.3) is 5.91 Å². The number of anilines is 1. The van der Waals surface area contributed by atoms with Gasteiger partial charge in [-0.05, 0) is 38.0 Å². The van der Waals surface area contributed by atoms with Crippen molar-refractivity contribution in [2.75, 3.05) is 51.1 Å². The summed E-state index contributed by atoms with van der Waals surface area (Å²) in [5.74, 6) is -0.238. The van der Waals surface area contributed by atoms with Crippen molar-refractivity contribution in [3.05, 3.63) is 28.6 Å². The second kappa shape index (κ2) is 11.8. The molecule has 168 valence electrons. The van der Waals surface area contributed by atoms with E-state index in [1.807, 2.05) is 24.4 Å². The SMILES string of the molecule is CCCc1nc(-c2ccc3c(c2)N(CC(=O)OCCOCCOCC)C(=O)CO3)cs1. The molecule has 3 rings (SSSR count). The molecule has 1 amide bonds. The van der Waals surface area contributed by atoms with E-state index >= 15 is 0 Å². The third-order valence-corrected chi connectivity index (χ3v) is 5.48. The summed E-state index contributed by atoms with van der Waals surface area (Å²) in [6, 6.07) is 5.55. The van der Waals surface area contributed by atoms with Crippen molar-refractivity contribution in [3.8, 4) is 17.0 Å². The molecule has 8 nitrogen and oxygen atoms in total. The Bertz CT molecular complexity index is 885. The Balaban J connectivity index is 1.61. The molecule has 1 aromatic heterocycles. The summed E-state index contributed by atoms with van der Waals surface area (Å²) < 4.78 is 21.2. The molecular formula is C22H28N2O6S. The number of fused-ring (bicyclic) bond motifs is 1. The first-order chi connectivity index (χ1) is 15.1. The van der Waals surface area contributed by atoms with Gasteiger partial charge in [-0.2, -0.15) is 0 Å². The molecule has 1 aliphatic rings. The Morgan fingerprint density at radius 1 is 1.19 bits per heavy atom. The predicted octanol–water partition coefficient (Wildman–Crippen LogP) is 3.08. The average Bonchev–Trinajstić information content (AvgIpc) is 3.24. The van der Waals surface area contributed by atoms with Gasteiger partial charge in [0.05, 0.1) is 36.2 Å². The van der Waals surface area contributed by atoms with Gasteiger partial charge in [-0.3, -0.25) is 14.5 Å². The zero-order valence-corrected chi connectivity index (χ0v) is 18.7. The van der Waals surface area contributed by atoms with Crippen LogP contribution in [0.2, 0.25) is 0 Å². The molecule has 1 aliphatic heterocycles. The Morgan fingerprint density at radius 2 is 2.00 bits per heavy atom. The Morgan fingerprint density at radius 3 is 2.81 bits per heavy atom. The van der Waals surface area contributed by atoms with Crippen molar-refractivity contribution < 1.29 is 28.5 Å². The van der Waals surface area contributed by atoms with Crippen LogP contribution in [-0.4, -0.2) is 63.0 Å². The summed E-state index contributed by atoms with van der Waals surface area (Å²) in [5, 5.41) is 3.08. The summed E-state index contributed by atoms with van der Waals surface area (Å²) in [7, 11) is 0. The molecule has 0 fully saturated rings. The third-order valence-electron chi connectivity index (χ3n) is 4.57. The van der Waals surface area contributed by atoms with Crippen molar-refractivity contribution in [1.29, 1.82) is 0 Å². The van der Waals surface area contributed by atoms with Gasteiger partial charge >= 0.3 is 5.97 Å². The highest BCUT2D eigenvalue weighted by atomic mass is 32.1. The van der Waals surface area contributed by atoms with Crippen molar-refractivity contribution in [2.24, 2.45) is 0 Å². The Labute approximate surface area is 186 Å². The molecule has 0 unspecified atom stereocenters. The van der Waals surface area contributed by atoms with E-state index in [0.29, 0.717) is 31.3 Å². The highest BCUT2D eigenvalue weighted by Gasteiger charge is 2.28. The maximum Gasteiger partial charge on any atom is 0.326 e. The van der Waals surface area contributed by atoms with Gasteiger partial charge in [0.15, 0.2) is 6.61 Å². The third kappa shape index (κ3) is 6.49. The van der Waals surface area contributed by atoms with E-state index in [0.717, 1.165) is 29.1 Å². The van der Waals surface area contributed by atoms with Crippen LogP contribution in [0.3, 0.4) is 0 Å². The topological polar surface area (TPSA) is 87.2 Å². The van der Waals surface area contributed by atoms with E-state index in [9.17, 15) is 9.59 Å². The van der Waals surface area contributed by atoms with Crippen LogP contribution in [0.1, 0.15) is 25.3 Å². The number of ether oxygens (including phenoxy) is 4. The van der Waals surface area contributed by atoms with Crippen LogP contribution in [0.15, 0.2) is 23.6 Å². The van der Waals surface area contributed by atoms with E-state index in [2.05, 4.69) is 11.9 Å². The highest BCUT2D eigenvalue weighted by molar-refractivity contribution is 7.09. The molecule has 0 atom stereocenters. The zero-order chi connectivity index (χ0) is 22.1. The van der Waals surface area contributed by atoms with Crippen LogP contribution in [-0.2, 0) is 30.2 Å². The Kier molecular flexibility index (Phi) is 8.81. The molecular weight excluding hydrogens is 420 g/mol. The molecule has 0 aliphatic carbocycles. The number of rotatable bonds is 12. The van der Waals surface area contributed by atoms with Crippen LogP contribution in [0.4, 0.5) is 5.69 Å². The number of carbonyl (C=O) groups excluding carboxylic acids is 2. The first-order valence-corrected chi connectivity index (χ1v) is 11.3. The Hall–Kier alpha value is -2.49. The lowest BCUT2D eigenvalue weighted by Crippen LogP contribution is -2.42. The summed E-state index contributed by atoms with van der Waals surface area (Å²) >= 11 is 1.62. The van der Waals surface area contributed by atoms with Crippen molar-refractivity contribution in [2.45, 2.75) is 26.7 Å². The molecule has 0 radical (unpaired) electrons. The lowest BCUT2D eigenvalue weighted by molar-refractivity contribution is -0.144. The van der Waals surface area contributed by atoms with Gasteiger partial charge < -0.3 is 18.9 Å². The van der Waals surface area contributed by atoms with Gasteiger partial charge in [0.1, 0.15) is 18.9 Å². The number of hydrogen-bond donors (Lipinski definition) is 0. The van der Waals surface area contributed by atoms with Gasteiger partial charge in [-0.25, -0.2) is 4.98 Å². The largest absolute Gasteiger partial charge is 0.482 e. The second-order valence-corrected chi connectivity index (χ2v) is 7.80. The molecule has 0 saturated heterocycles. The number of thiazole rings is 1. The van der Waals surface area contributed by atoms with Gasteiger partial charge in [-0.1, -0.05) is 6.92 Å². The fraction of sp³-hybridized carbons (Fsp3) is 0.500. The minimum absolute atomic E-state index is 0.114. The lowest BCUT2D eigenvalue weighted by Gasteiger charge is -2.29. The number of hydrogen-bond acceptors (Lipinski definition) is 8. The van der Waals surface area contributed by atoms with Crippen LogP contribution < -0.4 is 9.64 Å². The minimum Gasteiger partial charge on any atom is -0.482 e. The summed E-state index contributed by atoms with van der Waals surface area (Å²) in [6.45, 7) is 5.72. The van der Waals surface area contributed by atoms with E-state index < -0.39 is 5.97 Å². The van der Waals surface area contributed by atoms with Crippen LogP contribution in [0, 0.1) is 0 Å². The molecule has 0 spiro atoms. The fourth-order valence-electron chi connectivity index (χ4n) is 3.06. The quantitative estimate of drug-likeness (QED) is 0.364. The second-order valence-electron chi connectivity index (χ2n) is 6.86. The van der Waals surface area contributed by atoms with Crippen LogP contribution in [0.25, 0.3) is 11.3 Å². The standard InChI is InChI=1S/C22H28N2O6S/c1-3-5-20-23-17(15-31-20)16-6-7-19-18(12-16)24(21(25)14-30-19)13-22(26)29-11-10-28-9-8-27-4-2/h6-7,12,15H,3-5,8-11,13-14H2,1-2H3.